The highest BCUT2D eigenvalue weighted by Gasteiger charge is 2.42. The Morgan fingerprint density at radius 2 is 2.08 bits per heavy atom. The van der Waals surface area contributed by atoms with Gasteiger partial charge in [0.25, 0.3) is 0 Å². The van der Waals surface area contributed by atoms with E-state index in [9.17, 15) is 23.3 Å². The van der Waals surface area contributed by atoms with E-state index in [1.54, 1.807) is 0 Å². The van der Waals surface area contributed by atoms with E-state index >= 15 is 0 Å². The number of nitrogens with two attached hydrogens (primary N) is 1. The topological polar surface area (TPSA) is 82.0 Å². The first-order valence-corrected chi connectivity index (χ1v) is 3.62. The highest BCUT2D eigenvalue weighted by atomic mass is 32.1. The summed E-state index contributed by atoms with van der Waals surface area (Å²) in [6.07, 6.45) is -4.84. The van der Waals surface area contributed by atoms with Crippen molar-refractivity contribution in [3.8, 4) is 0 Å². The standard InChI is InChI=1S/C4H2F3N3O2S/c5-4(6,7)1-2(10(11)12)13-3(8)9-1/h(H2,8,9). The number of hydrogen-bond donors (Lipinski definition) is 1. The largest absolute Gasteiger partial charge is 0.441 e. The first-order chi connectivity index (χ1) is 5.82. The van der Waals surface area contributed by atoms with Gasteiger partial charge in [-0.15, -0.1) is 0 Å². The molecule has 0 saturated carbocycles. The number of nitro groups is 1. The molecule has 0 unspecified atom stereocenters. The SMILES string of the molecule is Nc1nc(C(F)(F)F)c([N+](=O)[O-])s1. The predicted molar refractivity (Wildman–Crippen MR) is 38.2 cm³/mol. The Labute approximate surface area is 73.1 Å². The van der Waals surface area contributed by atoms with Crippen molar-refractivity contribution in [3.05, 3.63) is 15.8 Å². The van der Waals surface area contributed by atoms with Crippen LogP contribution in [0.2, 0.25) is 0 Å². The van der Waals surface area contributed by atoms with Crippen molar-refractivity contribution >= 4 is 21.5 Å². The average molecular weight is 213 g/mol. The van der Waals surface area contributed by atoms with E-state index in [1.165, 1.54) is 0 Å². The molecule has 0 aliphatic rings. The van der Waals surface area contributed by atoms with E-state index in [-0.39, 0.29) is 11.3 Å². The van der Waals surface area contributed by atoms with Crippen molar-refractivity contribution in [2.24, 2.45) is 0 Å². The number of halogens is 3. The molecule has 0 amide bonds. The maximum absolute atomic E-state index is 12.0. The Morgan fingerprint density at radius 1 is 1.54 bits per heavy atom. The quantitative estimate of drug-likeness (QED) is 0.568. The lowest BCUT2D eigenvalue weighted by Crippen LogP contribution is -2.08. The van der Waals surface area contributed by atoms with E-state index in [4.69, 9.17) is 5.73 Å². The number of thiazole rings is 1. The van der Waals surface area contributed by atoms with Crippen LogP contribution in [0.15, 0.2) is 0 Å². The van der Waals surface area contributed by atoms with Crippen LogP contribution in [0.3, 0.4) is 0 Å². The van der Waals surface area contributed by atoms with Crippen molar-refractivity contribution in [1.82, 2.24) is 4.98 Å². The summed E-state index contributed by atoms with van der Waals surface area (Å²) in [4.78, 5) is 11.8. The molecule has 1 aromatic rings. The smallest absolute Gasteiger partial charge is 0.375 e. The zero-order chi connectivity index (χ0) is 10.2. The Balaban J connectivity index is 3.28. The van der Waals surface area contributed by atoms with Crippen molar-refractivity contribution in [1.29, 1.82) is 0 Å². The number of nitrogen functional groups attached to an aromatic ring is 1. The summed E-state index contributed by atoms with van der Waals surface area (Å²) in [5, 5.41) is 8.55. The van der Waals surface area contributed by atoms with E-state index < -0.39 is 26.9 Å². The minimum atomic E-state index is -4.84. The molecule has 9 heteroatoms. The molecule has 0 fully saturated rings. The minimum absolute atomic E-state index is 0.197. The molecule has 13 heavy (non-hydrogen) atoms. The van der Waals surface area contributed by atoms with Gasteiger partial charge in [0.15, 0.2) is 5.13 Å². The van der Waals surface area contributed by atoms with Crippen LogP contribution >= 0.6 is 11.3 Å². The van der Waals surface area contributed by atoms with Gasteiger partial charge in [0.1, 0.15) is 0 Å². The van der Waals surface area contributed by atoms with Gasteiger partial charge in [-0.2, -0.15) is 13.2 Å². The third kappa shape index (κ3) is 1.86. The summed E-state index contributed by atoms with van der Waals surface area (Å²) in [5.74, 6) is 0. The van der Waals surface area contributed by atoms with Crippen LogP contribution in [-0.4, -0.2) is 9.91 Å². The van der Waals surface area contributed by atoms with Gasteiger partial charge in [-0.3, -0.25) is 10.1 Å². The molecular formula is C4H2F3N3O2S. The fraction of sp³-hybridized carbons (Fsp3) is 0.250. The van der Waals surface area contributed by atoms with Gasteiger partial charge in [0, 0.05) is 0 Å². The average Bonchev–Trinajstić information content (AvgIpc) is 2.29. The van der Waals surface area contributed by atoms with Gasteiger partial charge in [-0.05, 0) is 11.3 Å². The van der Waals surface area contributed by atoms with E-state index in [1.807, 2.05) is 0 Å². The molecule has 0 spiro atoms. The molecule has 5 nitrogen and oxygen atoms in total. The Bertz CT molecular complexity index is 347. The van der Waals surface area contributed by atoms with Crippen LogP contribution in [0.4, 0.5) is 23.3 Å². The number of anilines is 1. The van der Waals surface area contributed by atoms with E-state index in [0.717, 1.165) is 0 Å². The molecule has 1 heterocycles. The lowest BCUT2D eigenvalue weighted by atomic mass is 10.4. The highest BCUT2D eigenvalue weighted by Crippen LogP contribution is 2.39. The first kappa shape index (κ1) is 9.71. The second-order valence-corrected chi connectivity index (χ2v) is 2.97. The number of hydrogen-bond acceptors (Lipinski definition) is 5. The zero-order valence-electron chi connectivity index (χ0n) is 5.83. The van der Waals surface area contributed by atoms with E-state index in [2.05, 4.69) is 4.98 Å². The van der Waals surface area contributed by atoms with Crippen LogP contribution in [0.1, 0.15) is 5.69 Å². The molecule has 1 rings (SSSR count). The number of rotatable bonds is 1. The van der Waals surface area contributed by atoms with Gasteiger partial charge in [-0.25, -0.2) is 4.98 Å². The summed E-state index contributed by atoms with van der Waals surface area (Å²) < 4.78 is 36.0. The van der Waals surface area contributed by atoms with Crippen LogP contribution < -0.4 is 5.73 Å². The number of aromatic nitrogens is 1. The Hall–Kier alpha value is -1.38. The van der Waals surface area contributed by atoms with Crippen LogP contribution in [0.5, 0.6) is 0 Å². The fourth-order valence-corrected chi connectivity index (χ4v) is 1.30. The Morgan fingerprint density at radius 3 is 2.38 bits per heavy atom. The molecule has 72 valence electrons. The first-order valence-electron chi connectivity index (χ1n) is 2.80. The van der Waals surface area contributed by atoms with Crippen LogP contribution in [-0.2, 0) is 6.18 Å². The molecule has 0 aliphatic heterocycles. The summed E-state index contributed by atoms with van der Waals surface area (Å²) >= 11 is 0.197. The maximum Gasteiger partial charge on any atom is 0.441 e. The molecule has 0 bridgehead atoms. The van der Waals surface area contributed by atoms with Crippen molar-refractivity contribution in [2.45, 2.75) is 6.18 Å². The van der Waals surface area contributed by atoms with Crippen LogP contribution in [0, 0.1) is 10.1 Å². The number of alkyl halides is 3. The minimum Gasteiger partial charge on any atom is -0.375 e. The van der Waals surface area contributed by atoms with E-state index in [0.29, 0.717) is 0 Å². The van der Waals surface area contributed by atoms with Gasteiger partial charge in [-0.1, -0.05) is 0 Å². The van der Waals surface area contributed by atoms with Gasteiger partial charge >= 0.3 is 11.2 Å². The van der Waals surface area contributed by atoms with Crippen LogP contribution in [0.25, 0.3) is 0 Å². The second-order valence-electron chi connectivity index (χ2n) is 1.96. The molecule has 2 N–H and O–H groups in total. The molecule has 0 atom stereocenters. The summed E-state index contributed by atoms with van der Waals surface area (Å²) in [6.45, 7) is 0. The molecule has 0 saturated heterocycles. The third-order valence-corrected chi connectivity index (χ3v) is 1.90. The molecule has 0 aromatic carbocycles. The highest BCUT2D eigenvalue weighted by molar-refractivity contribution is 7.18. The second kappa shape index (κ2) is 2.83. The monoisotopic (exact) mass is 213 g/mol. The zero-order valence-corrected chi connectivity index (χ0v) is 6.65. The number of nitrogens with zero attached hydrogens (tertiary/aromatic N) is 2. The summed E-state index contributed by atoms with van der Waals surface area (Å²) in [7, 11) is 0. The van der Waals surface area contributed by atoms with Gasteiger partial charge in [0.05, 0.1) is 4.92 Å². The molecular weight excluding hydrogens is 211 g/mol. The van der Waals surface area contributed by atoms with Crippen molar-refractivity contribution in [3.63, 3.8) is 0 Å². The van der Waals surface area contributed by atoms with Gasteiger partial charge in [0.2, 0.25) is 5.69 Å². The normalized spacial score (nSPS) is 11.6. The van der Waals surface area contributed by atoms with Gasteiger partial charge < -0.3 is 5.73 Å². The van der Waals surface area contributed by atoms with Crippen molar-refractivity contribution in [2.75, 3.05) is 5.73 Å². The van der Waals surface area contributed by atoms with Crippen molar-refractivity contribution < 1.29 is 18.1 Å². The summed E-state index contributed by atoms with van der Waals surface area (Å²) in [6, 6.07) is 0. The molecule has 0 aliphatic carbocycles. The maximum atomic E-state index is 12.0. The summed E-state index contributed by atoms with van der Waals surface area (Å²) in [5.41, 5.74) is 3.38. The fourth-order valence-electron chi connectivity index (χ4n) is 0.637. The predicted octanol–water partition coefficient (Wildman–Crippen LogP) is 1.65. The third-order valence-electron chi connectivity index (χ3n) is 1.06. The molecule has 0 radical (unpaired) electrons. The molecule has 1 aromatic heterocycles. The lowest BCUT2D eigenvalue weighted by molar-refractivity contribution is -0.383. The lowest BCUT2D eigenvalue weighted by Gasteiger charge is -1.99. The Kier molecular flexibility index (Phi) is 2.12.